The molecule has 0 amide bonds. The van der Waals surface area contributed by atoms with Crippen molar-refractivity contribution < 1.29 is 8.42 Å². The van der Waals surface area contributed by atoms with Gasteiger partial charge in [0.15, 0.2) is 0 Å². The van der Waals surface area contributed by atoms with E-state index in [0.29, 0.717) is 11.4 Å². The fraction of sp³-hybridized carbons (Fsp3) is 0.333. The molecule has 0 aromatic heterocycles. The lowest BCUT2D eigenvalue weighted by Crippen LogP contribution is -2.25. The van der Waals surface area contributed by atoms with Crippen LogP contribution in [0.15, 0.2) is 59.5 Å². The van der Waals surface area contributed by atoms with Gasteiger partial charge in [-0.3, -0.25) is 0 Å². The Morgan fingerprint density at radius 2 is 1.61 bits per heavy atom. The zero-order chi connectivity index (χ0) is 16.5. The van der Waals surface area contributed by atoms with Gasteiger partial charge in [0.25, 0.3) is 0 Å². The molecule has 2 aromatic rings. The molecule has 4 nitrogen and oxygen atoms in total. The molecule has 0 aliphatic heterocycles. The molecule has 0 unspecified atom stereocenters. The first-order valence-corrected chi connectivity index (χ1v) is 9.43. The van der Waals surface area contributed by atoms with Crippen molar-refractivity contribution in [3.8, 4) is 0 Å². The van der Waals surface area contributed by atoms with E-state index in [1.54, 1.807) is 12.1 Å². The largest absolute Gasteiger partial charge is 0.313 e. The number of hydrogen-bond acceptors (Lipinski definition) is 3. The highest BCUT2D eigenvalue weighted by atomic mass is 32.2. The summed E-state index contributed by atoms with van der Waals surface area (Å²) in [6, 6.07) is 17.1. The molecule has 0 heterocycles. The predicted molar refractivity (Wildman–Crippen MR) is 93.8 cm³/mol. The van der Waals surface area contributed by atoms with E-state index < -0.39 is 10.0 Å². The number of aryl methyl sites for hydroxylation is 1. The molecule has 23 heavy (non-hydrogen) atoms. The first kappa shape index (κ1) is 17.7. The normalized spacial score (nSPS) is 11.5. The maximum absolute atomic E-state index is 12.2. The lowest BCUT2D eigenvalue weighted by atomic mass is 10.1. The van der Waals surface area contributed by atoms with Crippen molar-refractivity contribution in [3.05, 3.63) is 65.7 Å². The van der Waals surface area contributed by atoms with Crippen LogP contribution in [0.3, 0.4) is 0 Å². The van der Waals surface area contributed by atoms with Crippen LogP contribution < -0.4 is 10.0 Å². The van der Waals surface area contributed by atoms with E-state index in [1.165, 1.54) is 5.56 Å². The number of rotatable bonds is 9. The molecule has 2 rings (SSSR count). The lowest BCUT2D eigenvalue weighted by Gasteiger charge is -2.08. The fourth-order valence-corrected chi connectivity index (χ4v) is 3.36. The van der Waals surface area contributed by atoms with Gasteiger partial charge in [0.2, 0.25) is 10.0 Å². The van der Waals surface area contributed by atoms with Crippen LogP contribution in [0.2, 0.25) is 0 Å². The van der Waals surface area contributed by atoms with Gasteiger partial charge < -0.3 is 5.32 Å². The van der Waals surface area contributed by atoms with Crippen LogP contribution in [0.1, 0.15) is 24.5 Å². The number of sulfonamides is 1. The average Bonchev–Trinajstić information content (AvgIpc) is 2.58. The van der Waals surface area contributed by atoms with Crippen molar-refractivity contribution in [2.75, 3.05) is 13.1 Å². The highest BCUT2D eigenvalue weighted by Gasteiger charge is 2.12. The highest BCUT2D eigenvalue weighted by molar-refractivity contribution is 7.89. The van der Waals surface area contributed by atoms with E-state index in [0.717, 1.165) is 31.5 Å². The summed E-state index contributed by atoms with van der Waals surface area (Å²) in [4.78, 5) is 0.317. The Kier molecular flexibility index (Phi) is 6.77. The minimum Gasteiger partial charge on any atom is -0.313 e. The van der Waals surface area contributed by atoms with Crippen molar-refractivity contribution in [3.63, 3.8) is 0 Å². The number of hydrogen-bond donors (Lipinski definition) is 2. The van der Waals surface area contributed by atoms with E-state index in [2.05, 4.69) is 22.2 Å². The van der Waals surface area contributed by atoms with Crippen LogP contribution in [-0.2, 0) is 23.0 Å². The summed E-state index contributed by atoms with van der Waals surface area (Å²) in [7, 11) is -3.42. The first-order valence-electron chi connectivity index (χ1n) is 7.95. The predicted octanol–water partition coefficient (Wildman–Crippen LogP) is 2.71. The van der Waals surface area contributed by atoms with Gasteiger partial charge in [-0.15, -0.1) is 0 Å². The summed E-state index contributed by atoms with van der Waals surface area (Å²) in [6.45, 7) is 4.12. The molecular formula is C18H24N2O2S. The monoisotopic (exact) mass is 332 g/mol. The van der Waals surface area contributed by atoms with Gasteiger partial charge >= 0.3 is 0 Å². The van der Waals surface area contributed by atoms with Crippen molar-refractivity contribution in [1.82, 2.24) is 10.0 Å². The van der Waals surface area contributed by atoms with E-state index in [1.807, 2.05) is 37.3 Å². The SMILES string of the molecule is CCNCc1ccc(S(=O)(=O)NCCCc2ccccc2)cc1. The van der Waals surface area contributed by atoms with Gasteiger partial charge in [0.05, 0.1) is 4.90 Å². The van der Waals surface area contributed by atoms with Crippen LogP contribution in [0.25, 0.3) is 0 Å². The Morgan fingerprint density at radius 1 is 0.913 bits per heavy atom. The Hall–Kier alpha value is -1.69. The molecule has 2 aromatic carbocycles. The van der Waals surface area contributed by atoms with Gasteiger partial charge in [-0.2, -0.15) is 0 Å². The van der Waals surface area contributed by atoms with Gasteiger partial charge in [-0.05, 0) is 42.6 Å². The molecule has 2 N–H and O–H groups in total. The molecule has 124 valence electrons. The van der Waals surface area contributed by atoms with Crippen molar-refractivity contribution >= 4 is 10.0 Å². The molecule has 0 saturated carbocycles. The second-order valence-corrected chi connectivity index (χ2v) is 7.18. The minimum atomic E-state index is -3.42. The highest BCUT2D eigenvalue weighted by Crippen LogP contribution is 2.11. The summed E-state index contributed by atoms with van der Waals surface area (Å²) in [5.74, 6) is 0. The Bertz CT molecular complexity index is 683. The minimum absolute atomic E-state index is 0.317. The molecule has 0 aliphatic carbocycles. The number of benzene rings is 2. The summed E-state index contributed by atoms with van der Waals surface area (Å²) < 4.78 is 27.1. The second-order valence-electron chi connectivity index (χ2n) is 5.41. The summed E-state index contributed by atoms with van der Waals surface area (Å²) in [5.41, 5.74) is 2.30. The fourth-order valence-electron chi connectivity index (χ4n) is 2.28. The molecular weight excluding hydrogens is 308 g/mol. The maximum atomic E-state index is 12.2. The van der Waals surface area contributed by atoms with E-state index in [4.69, 9.17) is 0 Å². The molecule has 0 saturated heterocycles. The van der Waals surface area contributed by atoms with Gasteiger partial charge in [0, 0.05) is 13.1 Å². The molecule has 0 bridgehead atoms. The summed E-state index contributed by atoms with van der Waals surface area (Å²) in [5, 5.41) is 3.22. The van der Waals surface area contributed by atoms with Crippen molar-refractivity contribution in [2.24, 2.45) is 0 Å². The van der Waals surface area contributed by atoms with Crippen LogP contribution >= 0.6 is 0 Å². The summed E-state index contributed by atoms with van der Waals surface area (Å²) in [6.07, 6.45) is 1.65. The smallest absolute Gasteiger partial charge is 0.240 e. The van der Waals surface area contributed by atoms with Gasteiger partial charge in [-0.25, -0.2) is 13.1 Å². The third-order valence-corrected chi connectivity index (χ3v) is 5.07. The first-order chi connectivity index (χ1) is 11.1. The second kappa shape index (κ2) is 8.82. The Balaban J connectivity index is 1.83. The quantitative estimate of drug-likeness (QED) is 0.694. The molecule has 0 spiro atoms. The lowest BCUT2D eigenvalue weighted by molar-refractivity contribution is 0.579. The zero-order valence-corrected chi connectivity index (χ0v) is 14.3. The van der Waals surface area contributed by atoms with E-state index in [-0.39, 0.29) is 0 Å². The summed E-state index contributed by atoms with van der Waals surface area (Å²) >= 11 is 0. The van der Waals surface area contributed by atoms with Crippen LogP contribution in [-0.4, -0.2) is 21.5 Å². The standard InChI is InChI=1S/C18H24N2O2S/c1-2-19-15-17-10-12-18(13-11-17)23(21,22)20-14-6-9-16-7-4-3-5-8-16/h3-5,7-8,10-13,19-20H,2,6,9,14-15H2,1H3. The molecule has 0 aliphatic rings. The third-order valence-electron chi connectivity index (χ3n) is 3.59. The van der Waals surface area contributed by atoms with Crippen LogP contribution in [0, 0.1) is 0 Å². The van der Waals surface area contributed by atoms with Gasteiger partial charge in [-0.1, -0.05) is 49.4 Å². The van der Waals surface area contributed by atoms with E-state index in [9.17, 15) is 8.42 Å². The Morgan fingerprint density at radius 3 is 2.26 bits per heavy atom. The van der Waals surface area contributed by atoms with Crippen molar-refractivity contribution in [2.45, 2.75) is 31.2 Å². The number of nitrogens with one attached hydrogen (secondary N) is 2. The topological polar surface area (TPSA) is 58.2 Å². The molecule has 0 atom stereocenters. The molecule has 0 fully saturated rings. The zero-order valence-electron chi connectivity index (χ0n) is 13.5. The van der Waals surface area contributed by atoms with Crippen molar-refractivity contribution in [1.29, 1.82) is 0 Å². The van der Waals surface area contributed by atoms with Crippen LogP contribution in [0.4, 0.5) is 0 Å². The average molecular weight is 332 g/mol. The van der Waals surface area contributed by atoms with E-state index >= 15 is 0 Å². The van der Waals surface area contributed by atoms with Gasteiger partial charge in [0.1, 0.15) is 0 Å². The molecule has 5 heteroatoms. The third kappa shape index (κ3) is 5.78. The Labute approximate surface area is 139 Å². The maximum Gasteiger partial charge on any atom is 0.240 e. The van der Waals surface area contributed by atoms with Crippen LogP contribution in [0.5, 0.6) is 0 Å². The molecule has 0 radical (unpaired) electrons.